The Morgan fingerprint density at radius 1 is 0.973 bits per heavy atom. The Morgan fingerprint density at radius 3 is 2.70 bits per heavy atom. The molecular formula is C29H27F2N3O3. The van der Waals surface area contributed by atoms with Crippen molar-refractivity contribution >= 4 is 22.7 Å². The first kappa shape index (κ1) is 23.6. The number of morpholine rings is 1. The van der Waals surface area contributed by atoms with Gasteiger partial charge in [-0.15, -0.1) is 0 Å². The fraction of sp³-hybridized carbons (Fsp3) is 0.276. The molecule has 0 aliphatic carbocycles. The summed E-state index contributed by atoms with van der Waals surface area (Å²) >= 11 is 0. The second-order valence-electron chi connectivity index (χ2n) is 9.42. The first-order valence-corrected chi connectivity index (χ1v) is 12.5. The topological polar surface area (TPSA) is 59.5 Å². The molecule has 1 N–H and O–H groups in total. The smallest absolute Gasteiger partial charge is 0.326 e. The molecule has 0 bridgehead atoms. The summed E-state index contributed by atoms with van der Waals surface area (Å²) in [5.74, 6) is -0.424. The van der Waals surface area contributed by atoms with Crippen molar-refractivity contribution < 1.29 is 18.3 Å². The van der Waals surface area contributed by atoms with E-state index in [9.17, 15) is 13.6 Å². The van der Waals surface area contributed by atoms with Gasteiger partial charge in [0.2, 0.25) is 0 Å². The molecule has 3 aromatic carbocycles. The van der Waals surface area contributed by atoms with Gasteiger partial charge in [-0.2, -0.15) is 0 Å². The van der Waals surface area contributed by atoms with Crippen molar-refractivity contribution in [2.24, 2.45) is 0 Å². The van der Waals surface area contributed by atoms with E-state index >= 15 is 0 Å². The van der Waals surface area contributed by atoms with Crippen molar-refractivity contribution in [1.82, 2.24) is 14.5 Å². The number of hydrogen-bond donors (Lipinski definition) is 1. The van der Waals surface area contributed by atoms with E-state index in [1.165, 1.54) is 18.2 Å². The Hall–Kier alpha value is -3.75. The van der Waals surface area contributed by atoms with Gasteiger partial charge in [0.05, 0.1) is 24.2 Å². The lowest BCUT2D eigenvalue weighted by Crippen LogP contribution is -2.37. The maximum Gasteiger partial charge on any atom is 0.326 e. The molecule has 0 amide bonds. The Kier molecular flexibility index (Phi) is 6.36. The first-order valence-electron chi connectivity index (χ1n) is 12.5. The molecule has 37 heavy (non-hydrogen) atoms. The van der Waals surface area contributed by atoms with Crippen molar-refractivity contribution in [2.75, 3.05) is 32.8 Å². The minimum Gasteiger partial charge on any atom is -0.488 e. The summed E-state index contributed by atoms with van der Waals surface area (Å²) in [6.07, 6.45) is 2.80. The molecule has 2 aliphatic heterocycles. The zero-order valence-corrected chi connectivity index (χ0v) is 20.3. The van der Waals surface area contributed by atoms with Crippen molar-refractivity contribution in [3.8, 4) is 5.75 Å². The van der Waals surface area contributed by atoms with Crippen LogP contribution in [0, 0.1) is 11.6 Å². The van der Waals surface area contributed by atoms with Crippen LogP contribution in [0.5, 0.6) is 5.75 Å². The number of halogens is 2. The molecule has 3 heterocycles. The fourth-order valence-corrected chi connectivity index (χ4v) is 5.18. The minimum atomic E-state index is -0.418. The number of hydrogen-bond acceptors (Lipinski definition) is 4. The summed E-state index contributed by atoms with van der Waals surface area (Å²) in [7, 11) is 0. The quantitative estimate of drug-likeness (QED) is 0.425. The third kappa shape index (κ3) is 4.70. The maximum atomic E-state index is 14.7. The molecule has 1 aromatic heterocycles. The second kappa shape index (κ2) is 9.95. The van der Waals surface area contributed by atoms with Crippen LogP contribution in [0.3, 0.4) is 0 Å². The van der Waals surface area contributed by atoms with Crippen LogP contribution in [0.15, 0.2) is 59.4 Å². The van der Waals surface area contributed by atoms with Gasteiger partial charge in [-0.1, -0.05) is 18.2 Å². The van der Waals surface area contributed by atoms with Gasteiger partial charge in [0.25, 0.3) is 0 Å². The lowest BCUT2D eigenvalue weighted by Gasteiger charge is -2.26. The molecule has 1 saturated heterocycles. The lowest BCUT2D eigenvalue weighted by molar-refractivity contribution is 0.0369. The number of nitrogens with zero attached hydrogens (tertiary/aromatic N) is 2. The third-order valence-electron chi connectivity index (χ3n) is 7.08. The Labute approximate surface area is 212 Å². The van der Waals surface area contributed by atoms with Crippen LogP contribution in [-0.4, -0.2) is 47.3 Å². The normalized spacial score (nSPS) is 16.9. The van der Waals surface area contributed by atoms with Crippen LogP contribution in [0.4, 0.5) is 8.78 Å². The van der Waals surface area contributed by atoms with Crippen LogP contribution in [0.25, 0.3) is 22.7 Å². The number of aryl methyl sites for hydroxylation is 1. The highest BCUT2D eigenvalue weighted by Crippen LogP contribution is 2.39. The molecule has 0 saturated carbocycles. The van der Waals surface area contributed by atoms with Gasteiger partial charge in [-0.05, 0) is 59.5 Å². The van der Waals surface area contributed by atoms with Crippen LogP contribution in [-0.2, 0) is 17.9 Å². The lowest BCUT2D eigenvalue weighted by atomic mass is 9.92. The van der Waals surface area contributed by atoms with E-state index in [4.69, 9.17) is 9.47 Å². The second-order valence-corrected chi connectivity index (χ2v) is 9.42. The molecular weight excluding hydrogens is 476 g/mol. The van der Waals surface area contributed by atoms with E-state index in [0.717, 1.165) is 61.4 Å². The molecule has 6 nitrogen and oxygen atoms in total. The predicted molar refractivity (Wildman–Crippen MR) is 139 cm³/mol. The number of imidazole rings is 1. The van der Waals surface area contributed by atoms with Gasteiger partial charge in [-0.3, -0.25) is 9.47 Å². The van der Waals surface area contributed by atoms with Crippen LogP contribution >= 0.6 is 0 Å². The number of rotatable bonds is 5. The van der Waals surface area contributed by atoms with E-state index in [2.05, 4.69) is 9.88 Å². The molecule has 1 fully saturated rings. The number of H-pyrrole nitrogens is 1. The molecule has 0 atom stereocenters. The van der Waals surface area contributed by atoms with Crippen molar-refractivity contribution in [3.05, 3.63) is 99.0 Å². The highest BCUT2D eigenvalue weighted by atomic mass is 19.1. The number of fused-ring (bicyclic) bond motifs is 3. The summed E-state index contributed by atoms with van der Waals surface area (Å²) in [5, 5.41) is 0. The monoisotopic (exact) mass is 503 g/mol. The Balaban J connectivity index is 1.35. The van der Waals surface area contributed by atoms with Crippen LogP contribution < -0.4 is 10.4 Å². The summed E-state index contributed by atoms with van der Waals surface area (Å²) in [4.78, 5) is 18.1. The molecule has 190 valence electrons. The number of ether oxygens (including phenoxy) is 2. The molecule has 0 unspecified atom stereocenters. The first-order chi connectivity index (χ1) is 18.1. The van der Waals surface area contributed by atoms with Crippen molar-refractivity contribution in [2.45, 2.75) is 19.6 Å². The van der Waals surface area contributed by atoms with Gasteiger partial charge >= 0.3 is 5.69 Å². The van der Waals surface area contributed by atoms with Gasteiger partial charge < -0.3 is 14.5 Å². The van der Waals surface area contributed by atoms with Gasteiger partial charge in [0.1, 0.15) is 24.0 Å². The average molecular weight is 504 g/mol. The highest BCUT2D eigenvalue weighted by molar-refractivity contribution is 5.95. The molecule has 0 spiro atoms. The zero-order chi connectivity index (χ0) is 25.4. The van der Waals surface area contributed by atoms with E-state index in [1.807, 2.05) is 30.3 Å². The predicted octanol–water partition coefficient (Wildman–Crippen LogP) is 4.81. The zero-order valence-electron chi connectivity index (χ0n) is 20.3. The Morgan fingerprint density at radius 2 is 1.84 bits per heavy atom. The minimum absolute atomic E-state index is 0.00938. The third-order valence-corrected chi connectivity index (χ3v) is 7.08. The van der Waals surface area contributed by atoms with E-state index in [1.54, 1.807) is 16.7 Å². The van der Waals surface area contributed by atoms with Crippen molar-refractivity contribution in [1.29, 1.82) is 0 Å². The van der Waals surface area contributed by atoms with Gasteiger partial charge in [-0.25, -0.2) is 13.6 Å². The van der Waals surface area contributed by atoms with Crippen molar-refractivity contribution in [3.63, 3.8) is 0 Å². The maximum absolute atomic E-state index is 14.7. The average Bonchev–Trinajstić information content (AvgIpc) is 3.12. The molecule has 2 aliphatic rings. The summed E-state index contributed by atoms with van der Waals surface area (Å²) in [6, 6.07) is 15.0. The van der Waals surface area contributed by atoms with Gasteiger partial charge in [0.15, 0.2) is 0 Å². The summed E-state index contributed by atoms with van der Waals surface area (Å²) in [5.41, 5.74) is 4.79. The van der Waals surface area contributed by atoms with E-state index in [-0.39, 0.29) is 18.1 Å². The van der Waals surface area contributed by atoms with E-state index < -0.39 is 5.82 Å². The molecule has 8 heteroatoms. The highest BCUT2D eigenvalue weighted by Gasteiger charge is 2.22. The van der Waals surface area contributed by atoms with Crippen LogP contribution in [0.1, 0.15) is 28.7 Å². The van der Waals surface area contributed by atoms with Crippen LogP contribution in [0.2, 0.25) is 0 Å². The largest absolute Gasteiger partial charge is 0.488 e. The van der Waals surface area contributed by atoms with E-state index in [0.29, 0.717) is 29.0 Å². The molecule has 4 aromatic rings. The summed E-state index contributed by atoms with van der Waals surface area (Å²) in [6.45, 7) is 4.92. The standard InChI is InChI=1S/C29H27F2N3O3/c30-20-6-7-22-23(21-3-1-4-25(31)24(21)18-37-28(22)17-20)15-19-5-8-27-26(16-19)32-29(35)34(27)10-2-9-33-11-13-36-14-12-33/h1,3-8,15-17H,2,9-14,18H2,(H,32,35). The summed E-state index contributed by atoms with van der Waals surface area (Å²) < 4.78 is 41.7. The fourth-order valence-electron chi connectivity index (χ4n) is 5.18. The Bertz CT molecular complexity index is 1550. The SMILES string of the molecule is O=c1[nH]c2cc(C=C3c4ccc(F)cc4OCc4c(F)cccc43)ccc2n1CCCN1CCOCC1. The number of aromatic nitrogens is 2. The van der Waals surface area contributed by atoms with Gasteiger partial charge in [0, 0.05) is 43.4 Å². The number of benzene rings is 3. The molecule has 6 rings (SSSR count). The number of aromatic amines is 1. The number of nitrogens with one attached hydrogen (secondary N) is 1. The molecule has 0 radical (unpaired) electrons.